The van der Waals surface area contributed by atoms with Gasteiger partial charge >= 0.3 is 0 Å². The molecule has 45 heavy (non-hydrogen) atoms. The number of unbranched alkanes of at least 4 members (excludes halogenated alkanes) is 1. The molecule has 0 saturated carbocycles. The lowest BCUT2D eigenvalue weighted by Crippen LogP contribution is -2.51. The van der Waals surface area contributed by atoms with Gasteiger partial charge in [0.05, 0.1) is 39.0 Å². The third-order valence-electron chi connectivity index (χ3n) is 7.14. The molecule has 1 N–H and O–H groups in total. The molecule has 0 heterocycles. The number of hydrogen-bond acceptors (Lipinski definition) is 8. The van der Waals surface area contributed by atoms with E-state index in [2.05, 4.69) is 5.32 Å². The summed E-state index contributed by atoms with van der Waals surface area (Å²) in [6.07, 6.45) is 1.66. The van der Waals surface area contributed by atoms with Crippen molar-refractivity contribution in [1.29, 1.82) is 0 Å². The summed E-state index contributed by atoms with van der Waals surface area (Å²) in [6, 6.07) is 14.7. The van der Waals surface area contributed by atoms with E-state index in [0.717, 1.165) is 17.1 Å². The minimum absolute atomic E-state index is 0.0257. The lowest BCUT2D eigenvalue weighted by Gasteiger charge is -2.32. The highest BCUT2D eigenvalue weighted by molar-refractivity contribution is 7.92. The highest BCUT2D eigenvalue weighted by Crippen LogP contribution is 2.37. The number of nitrogens with zero attached hydrogens (tertiary/aromatic N) is 2. The molecule has 3 aromatic rings. The lowest BCUT2D eigenvalue weighted by atomic mass is 10.1. The first kappa shape index (κ1) is 35.3. The van der Waals surface area contributed by atoms with Crippen LogP contribution in [-0.4, -0.2) is 72.7 Å². The van der Waals surface area contributed by atoms with Crippen LogP contribution in [0.2, 0.25) is 5.02 Å². The molecule has 244 valence electrons. The number of carbonyl (C=O) groups excluding carboxylic acids is 2. The van der Waals surface area contributed by atoms with Crippen molar-refractivity contribution < 1.29 is 37.0 Å². The maximum absolute atomic E-state index is 14.4. The zero-order valence-electron chi connectivity index (χ0n) is 26.3. The summed E-state index contributed by atoms with van der Waals surface area (Å²) in [5.41, 5.74) is 0.765. The van der Waals surface area contributed by atoms with Crippen LogP contribution < -0.4 is 28.6 Å². The normalized spacial score (nSPS) is 11.7. The Morgan fingerprint density at radius 1 is 0.867 bits per heavy atom. The predicted molar refractivity (Wildman–Crippen MR) is 173 cm³/mol. The van der Waals surface area contributed by atoms with E-state index in [1.165, 1.54) is 57.6 Å². The number of sulfonamides is 1. The molecule has 3 rings (SSSR count). The third kappa shape index (κ3) is 8.73. The first-order valence-corrected chi connectivity index (χ1v) is 16.1. The van der Waals surface area contributed by atoms with Crippen molar-refractivity contribution in [2.24, 2.45) is 0 Å². The number of rotatable bonds is 16. The van der Waals surface area contributed by atoms with E-state index >= 15 is 0 Å². The fourth-order valence-corrected chi connectivity index (χ4v) is 6.07. The second-order valence-corrected chi connectivity index (χ2v) is 12.3. The van der Waals surface area contributed by atoms with Crippen LogP contribution in [0, 0.1) is 0 Å². The van der Waals surface area contributed by atoms with Gasteiger partial charge in [-0.3, -0.25) is 13.9 Å². The Kier molecular flexibility index (Phi) is 12.7. The van der Waals surface area contributed by atoms with Crippen LogP contribution in [0.5, 0.6) is 23.0 Å². The first-order chi connectivity index (χ1) is 21.5. The molecule has 0 aliphatic carbocycles. The third-order valence-corrected chi connectivity index (χ3v) is 9.15. The van der Waals surface area contributed by atoms with Gasteiger partial charge in [-0.1, -0.05) is 37.1 Å². The highest BCUT2D eigenvalue weighted by atomic mass is 35.5. The minimum atomic E-state index is -4.44. The fourth-order valence-electron chi connectivity index (χ4n) is 4.51. The Labute approximate surface area is 270 Å². The van der Waals surface area contributed by atoms with Crippen LogP contribution >= 0.6 is 11.6 Å². The van der Waals surface area contributed by atoms with Gasteiger partial charge in [-0.2, -0.15) is 0 Å². The average Bonchev–Trinajstić information content (AvgIpc) is 3.05. The minimum Gasteiger partial charge on any atom is -0.497 e. The largest absolute Gasteiger partial charge is 0.497 e. The summed E-state index contributed by atoms with van der Waals surface area (Å²) < 4.78 is 51.2. The quantitative estimate of drug-likeness (QED) is 0.215. The average molecular weight is 662 g/mol. The number of hydrogen-bond donors (Lipinski definition) is 1. The van der Waals surface area contributed by atoms with Crippen LogP contribution in [0.1, 0.15) is 32.3 Å². The van der Waals surface area contributed by atoms with E-state index in [4.69, 9.17) is 30.5 Å². The molecule has 0 unspecified atom stereocenters. The van der Waals surface area contributed by atoms with Gasteiger partial charge in [-0.25, -0.2) is 8.42 Å². The molecule has 0 fully saturated rings. The number of anilines is 1. The van der Waals surface area contributed by atoms with Crippen LogP contribution in [0.3, 0.4) is 0 Å². The summed E-state index contributed by atoms with van der Waals surface area (Å²) >= 11 is 6.08. The first-order valence-electron chi connectivity index (χ1n) is 14.3. The summed E-state index contributed by atoms with van der Waals surface area (Å²) in [4.78, 5) is 28.6. The molecule has 0 aliphatic rings. The van der Waals surface area contributed by atoms with Gasteiger partial charge in [-0.05, 0) is 55.3 Å². The number of ether oxygens (including phenoxy) is 4. The standard InChI is InChI=1S/C32H40ClN3O8S/c1-7-8-17-34-32(38)22(2)35(20-23-9-11-24(33)12-10-23)31(37)21-36(27-18-25(41-3)13-15-28(27)42-4)45(39,40)26-14-16-29(43-5)30(19-26)44-6/h9-16,18-19,22H,7-8,17,20-21H2,1-6H3,(H,34,38)/t22-/m0/s1. The second kappa shape index (κ2) is 16.2. The summed E-state index contributed by atoms with van der Waals surface area (Å²) in [5, 5.41) is 3.38. The van der Waals surface area contributed by atoms with Crippen molar-refractivity contribution in [2.45, 2.75) is 44.2 Å². The van der Waals surface area contributed by atoms with E-state index < -0.39 is 28.5 Å². The Balaban J connectivity index is 2.14. The molecule has 1 atom stereocenters. The number of carbonyl (C=O) groups is 2. The number of amides is 2. The maximum Gasteiger partial charge on any atom is 0.265 e. The molecular weight excluding hydrogens is 622 g/mol. The van der Waals surface area contributed by atoms with E-state index in [1.807, 2.05) is 6.92 Å². The Morgan fingerprint density at radius 2 is 1.51 bits per heavy atom. The number of methoxy groups -OCH3 is 4. The van der Waals surface area contributed by atoms with Crippen molar-refractivity contribution in [1.82, 2.24) is 10.2 Å². The van der Waals surface area contributed by atoms with Crippen molar-refractivity contribution >= 4 is 39.1 Å². The van der Waals surface area contributed by atoms with E-state index in [1.54, 1.807) is 43.3 Å². The van der Waals surface area contributed by atoms with Crippen LogP contribution in [0.25, 0.3) is 0 Å². The molecule has 0 aromatic heterocycles. The number of halogens is 1. The Morgan fingerprint density at radius 3 is 2.11 bits per heavy atom. The van der Waals surface area contributed by atoms with Gasteiger partial charge in [0.25, 0.3) is 10.0 Å². The Hall–Kier alpha value is -4.16. The number of nitrogens with one attached hydrogen (secondary N) is 1. The van der Waals surface area contributed by atoms with Crippen molar-refractivity contribution in [3.63, 3.8) is 0 Å². The van der Waals surface area contributed by atoms with Gasteiger partial charge in [0.15, 0.2) is 11.5 Å². The van der Waals surface area contributed by atoms with E-state index in [-0.39, 0.29) is 34.5 Å². The smallest absolute Gasteiger partial charge is 0.265 e. The van der Waals surface area contributed by atoms with Gasteiger partial charge in [-0.15, -0.1) is 0 Å². The van der Waals surface area contributed by atoms with Gasteiger partial charge in [0.1, 0.15) is 24.1 Å². The zero-order valence-corrected chi connectivity index (χ0v) is 27.9. The fraction of sp³-hybridized carbons (Fsp3) is 0.375. The summed E-state index contributed by atoms with van der Waals surface area (Å²) in [5.74, 6) is 0.0463. The molecule has 2 amide bonds. The molecule has 0 spiro atoms. The SMILES string of the molecule is CCCCNC(=O)[C@H](C)N(Cc1ccc(Cl)cc1)C(=O)CN(c1cc(OC)ccc1OC)S(=O)(=O)c1ccc(OC)c(OC)c1. The molecule has 0 bridgehead atoms. The molecule has 0 saturated heterocycles. The number of benzene rings is 3. The van der Waals surface area contributed by atoms with Crippen molar-refractivity contribution in [3.8, 4) is 23.0 Å². The monoisotopic (exact) mass is 661 g/mol. The van der Waals surface area contributed by atoms with Crippen molar-refractivity contribution in [2.75, 3.05) is 45.8 Å². The molecule has 0 aliphatic heterocycles. The van der Waals surface area contributed by atoms with Gasteiger partial charge in [0, 0.05) is 30.2 Å². The van der Waals surface area contributed by atoms with Crippen LogP contribution in [0.15, 0.2) is 65.6 Å². The molecule has 0 radical (unpaired) electrons. The van der Waals surface area contributed by atoms with E-state index in [0.29, 0.717) is 28.6 Å². The van der Waals surface area contributed by atoms with Crippen LogP contribution in [0.4, 0.5) is 5.69 Å². The predicted octanol–water partition coefficient (Wildman–Crippen LogP) is 4.90. The summed E-state index contributed by atoms with van der Waals surface area (Å²) in [6.45, 7) is 3.42. The van der Waals surface area contributed by atoms with Crippen LogP contribution in [-0.2, 0) is 26.2 Å². The molecule has 11 nitrogen and oxygen atoms in total. The van der Waals surface area contributed by atoms with Crippen molar-refractivity contribution in [3.05, 3.63) is 71.2 Å². The molecular formula is C32H40ClN3O8S. The molecule has 13 heteroatoms. The molecule has 3 aromatic carbocycles. The van der Waals surface area contributed by atoms with Gasteiger partial charge < -0.3 is 29.2 Å². The Bertz CT molecular complexity index is 1570. The topological polar surface area (TPSA) is 124 Å². The van der Waals surface area contributed by atoms with Gasteiger partial charge in [0.2, 0.25) is 11.8 Å². The zero-order chi connectivity index (χ0) is 33.1. The summed E-state index contributed by atoms with van der Waals surface area (Å²) in [7, 11) is 1.22. The lowest BCUT2D eigenvalue weighted by molar-refractivity contribution is -0.139. The maximum atomic E-state index is 14.4. The highest BCUT2D eigenvalue weighted by Gasteiger charge is 2.34. The second-order valence-electron chi connectivity index (χ2n) is 10.0. The van der Waals surface area contributed by atoms with E-state index in [9.17, 15) is 18.0 Å².